The molecule has 4 rings (SSSR count). The number of carbonyl (C=O) groups excluding carboxylic acids is 2. The average molecular weight is 398 g/mol. The van der Waals surface area contributed by atoms with Crippen molar-refractivity contribution in [1.82, 2.24) is 14.7 Å². The molecule has 29 heavy (non-hydrogen) atoms. The molecule has 0 unspecified atom stereocenters. The first-order valence-electron chi connectivity index (χ1n) is 11.4. The molecule has 1 spiro atoms. The summed E-state index contributed by atoms with van der Waals surface area (Å²) >= 11 is 0. The van der Waals surface area contributed by atoms with Crippen molar-refractivity contribution in [3.63, 3.8) is 0 Å². The van der Waals surface area contributed by atoms with E-state index in [-0.39, 0.29) is 11.5 Å². The Balaban J connectivity index is 1.31. The topological polar surface area (TPSA) is 43.9 Å². The maximum absolute atomic E-state index is 13.0. The summed E-state index contributed by atoms with van der Waals surface area (Å²) < 4.78 is 0. The van der Waals surface area contributed by atoms with Crippen molar-refractivity contribution in [3.05, 3.63) is 35.9 Å². The molecule has 2 amide bonds. The molecule has 3 aliphatic heterocycles. The maximum atomic E-state index is 13.0. The standard InChI is InChI=1S/C24H35N3O2/c1-20(25-14-5-6-15-25)23(29)26-17-12-24(13-18-26)11-9-22(28)27(19-24)16-10-21-7-3-2-4-8-21/h2-4,7-8,20H,5-6,9-19H2,1H3/t20-/m0/s1. The Labute approximate surface area is 175 Å². The largest absolute Gasteiger partial charge is 0.342 e. The Bertz CT molecular complexity index is 706. The van der Waals surface area contributed by atoms with Gasteiger partial charge < -0.3 is 9.80 Å². The van der Waals surface area contributed by atoms with Crippen LogP contribution in [0.3, 0.4) is 0 Å². The first kappa shape index (κ1) is 20.4. The quantitative estimate of drug-likeness (QED) is 0.767. The fourth-order valence-corrected chi connectivity index (χ4v) is 5.37. The molecule has 3 saturated heterocycles. The van der Waals surface area contributed by atoms with Crippen LogP contribution in [0.1, 0.15) is 51.0 Å². The summed E-state index contributed by atoms with van der Waals surface area (Å²) in [4.78, 5) is 32.0. The number of amides is 2. The number of benzene rings is 1. The van der Waals surface area contributed by atoms with Gasteiger partial charge in [0.25, 0.3) is 0 Å². The van der Waals surface area contributed by atoms with Gasteiger partial charge in [-0.1, -0.05) is 30.3 Å². The van der Waals surface area contributed by atoms with Gasteiger partial charge in [-0.2, -0.15) is 0 Å². The summed E-state index contributed by atoms with van der Waals surface area (Å²) in [6.07, 6.45) is 7.05. The summed E-state index contributed by atoms with van der Waals surface area (Å²) in [5.41, 5.74) is 1.49. The third kappa shape index (κ3) is 4.66. The zero-order chi connectivity index (χ0) is 20.3. The van der Waals surface area contributed by atoms with E-state index in [1.807, 2.05) is 6.07 Å². The van der Waals surface area contributed by atoms with Crippen LogP contribution in [0.5, 0.6) is 0 Å². The summed E-state index contributed by atoms with van der Waals surface area (Å²) in [7, 11) is 0. The van der Waals surface area contributed by atoms with Gasteiger partial charge in [0.15, 0.2) is 0 Å². The molecular weight excluding hydrogens is 362 g/mol. The number of hydrogen-bond donors (Lipinski definition) is 0. The smallest absolute Gasteiger partial charge is 0.239 e. The average Bonchev–Trinajstić information content (AvgIpc) is 3.30. The van der Waals surface area contributed by atoms with Gasteiger partial charge >= 0.3 is 0 Å². The van der Waals surface area contributed by atoms with Crippen molar-refractivity contribution in [1.29, 1.82) is 0 Å². The van der Waals surface area contributed by atoms with Crippen LogP contribution >= 0.6 is 0 Å². The Morgan fingerprint density at radius 1 is 1.03 bits per heavy atom. The van der Waals surface area contributed by atoms with E-state index >= 15 is 0 Å². The Hall–Kier alpha value is -1.88. The summed E-state index contributed by atoms with van der Waals surface area (Å²) in [6.45, 7) is 7.55. The van der Waals surface area contributed by atoms with Crippen molar-refractivity contribution < 1.29 is 9.59 Å². The fraction of sp³-hybridized carbons (Fsp3) is 0.667. The van der Waals surface area contributed by atoms with Gasteiger partial charge in [-0.25, -0.2) is 0 Å². The van der Waals surface area contributed by atoms with Gasteiger partial charge in [0.2, 0.25) is 11.8 Å². The minimum absolute atomic E-state index is 0.0156. The van der Waals surface area contributed by atoms with Gasteiger partial charge in [0.1, 0.15) is 0 Å². The van der Waals surface area contributed by atoms with E-state index in [0.717, 1.165) is 65.0 Å². The molecular formula is C24H35N3O2. The summed E-state index contributed by atoms with van der Waals surface area (Å²) in [5, 5.41) is 0. The van der Waals surface area contributed by atoms with Crippen LogP contribution in [0.4, 0.5) is 0 Å². The molecule has 1 aromatic carbocycles. The van der Waals surface area contributed by atoms with Crippen molar-refractivity contribution >= 4 is 11.8 Å². The minimum Gasteiger partial charge on any atom is -0.342 e. The van der Waals surface area contributed by atoms with Crippen LogP contribution in [0, 0.1) is 5.41 Å². The first-order valence-corrected chi connectivity index (χ1v) is 11.4. The zero-order valence-corrected chi connectivity index (χ0v) is 17.8. The van der Waals surface area contributed by atoms with Crippen molar-refractivity contribution in [2.24, 2.45) is 5.41 Å². The molecule has 0 aromatic heterocycles. The van der Waals surface area contributed by atoms with Crippen LogP contribution in [0.15, 0.2) is 30.3 Å². The molecule has 0 aliphatic carbocycles. The van der Waals surface area contributed by atoms with E-state index in [0.29, 0.717) is 18.2 Å². The minimum atomic E-state index is 0.0156. The first-order chi connectivity index (χ1) is 14.1. The molecule has 3 fully saturated rings. The molecule has 0 N–H and O–H groups in total. The normalized spacial score (nSPS) is 23.6. The molecule has 0 bridgehead atoms. The van der Waals surface area contributed by atoms with Crippen LogP contribution in [-0.4, -0.2) is 71.8 Å². The number of likely N-dealkylation sites (tertiary alicyclic amines) is 3. The van der Waals surface area contributed by atoms with Crippen molar-refractivity contribution in [3.8, 4) is 0 Å². The molecule has 0 radical (unpaired) electrons. The predicted octanol–water partition coefficient (Wildman–Crippen LogP) is 2.94. The number of piperidine rings is 2. The second kappa shape index (κ2) is 8.86. The molecule has 158 valence electrons. The lowest BCUT2D eigenvalue weighted by Gasteiger charge is -2.48. The summed E-state index contributed by atoms with van der Waals surface area (Å²) in [6, 6.07) is 10.4. The highest BCUT2D eigenvalue weighted by atomic mass is 16.2. The molecule has 3 aliphatic rings. The molecule has 5 heteroatoms. The highest BCUT2D eigenvalue weighted by Crippen LogP contribution is 2.40. The molecule has 1 aromatic rings. The number of carbonyl (C=O) groups is 2. The lowest BCUT2D eigenvalue weighted by molar-refractivity contribution is -0.144. The van der Waals surface area contributed by atoms with E-state index in [2.05, 4.69) is 45.9 Å². The van der Waals surface area contributed by atoms with E-state index in [1.54, 1.807) is 0 Å². The second-order valence-electron chi connectivity index (χ2n) is 9.30. The lowest BCUT2D eigenvalue weighted by atomic mass is 9.72. The van der Waals surface area contributed by atoms with E-state index in [1.165, 1.54) is 18.4 Å². The third-order valence-corrected chi connectivity index (χ3v) is 7.44. The molecule has 3 heterocycles. The Morgan fingerprint density at radius 2 is 1.72 bits per heavy atom. The number of nitrogens with zero attached hydrogens (tertiary/aromatic N) is 3. The van der Waals surface area contributed by atoms with Crippen molar-refractivity contribution in [2.45, 2.75) is 57.9 Å². The lowest BCUT2D eigenvalue weighted by Crippen LogP contribution is -2.55. The second-order valence-corrected chi connectivity index (χ2v) is 9.30. The predicted molar refractivity (Wildman–Crippen MR) is 114 cm³/mol. The summed E-state index contributed by atoms with van der Waals surface area (Å²) in [5.74, 6) is 0.599. The van der Waals surface area contributed by atoms with E-state index in [9.17, 15) is 9.59 Å². The Morgan fingerprint density at radius 3 is 2.41 bits per heavy atom. The zero-order valence-electron chi connectivity index (χ0n) is 17.8. The Kier molecular flexibility index (Phi) is 6.23. The maximum Gasteiger partial charge on any atom is 0.239 e. The van der Waals surface area contributed by atoms with Gasteiger partial charge in [0.05, 0.1) is 6.04 Å². The molecule has 5 nitrogen and oxygen atoms in total. The third-order valence-electron chi connectivity index (χ3n) is 7.44. The van der Waals surface area contributed by atoms with Gasteiger partial charge in [0, 0.05) is 32.6 Å². The van der Waals surface area contributed by atoms with Gasteiger partial charge in [-0.05, 0) is 69.5 Å². The van der Waals surface area contributed by atoms with Gasteiger partial charge in [-0.3, -0.25) is 14.5 Å². The van der Waals surface area contributed by atoms with Crippen LogP contribution < -0.4 is 0 Å². The van der Waals surface area contributed by atoms with E-state index in [4.69, 9.17) is 0 Å². The van der Waals surface area contributed by atoms with E-state index < -0.39 is 0 Å². The van der Waals surface area contributed by atoms with Gasteiger partial charge in [-0.15, -0.1) is 0 Å². The number of rotatable bonds is 5. The van der Waals surface area contributed by atoms with Crippen LogP contribution in [-0.2, 0) is 16.0 Å². The monoisotopic (exact) mass is 397 g/mol. The van der Waals surface area contributed by atoms with Crippen LogP contribution in [0.2, 0.25) is 0 Å². The highest BCUT2D eigenvalue weighted by molar-refractivity contribution is 5.81. The van der Waals surface area contributed by atoms with Crippen molar-refractivity contribution in [2.75, 3.05) is 39.3 Å². The highest BCUT2D eigenvalue weighted by Gasteiger charge is 2.42. The van der Waals surface area contributed by atoms with Crippen LogP contribution in [0.25, 0.3) is 0 Å². The number of hydrogen-bond acceptors (Lipinski definition) is 3. The SMILES string of the molecule is C[C@@H](C(=O)N1CCC2(CCC(=O)N(CCc3ccccc3)C2)CC1)N1CCCC1. The molecule has 1 atom stereocenters. The molecule has 0 saturated carbocycles. The fourth-order valence-electron chi connectivity index (χ4n) is 5.37.